The van der Waals surface area contributed by atoms with E-state index in [-0.39, 0.29) is 21.8 Å². The second-order valence-corrected chi connectivity index (χ2v) is 6.94. The first kappa shape index (κ1) is 22.5. The number of nitrogens with zero attached hydrogens (tertiary/aromatic N) is 1. The van der Waals surface area contributed by atoms with Crippen molar-refractivity contribution in [2.45, 2.75) is 0 Å². The maximum absolute atomic E-state index is 12.7. The smallest absolute Gasteiger partial charge is 0.335 e. The van der Waals surface area contributed by atoms with E-state index in [0.717, 1.165) is 0 Å². The van der Waals surface area contributed by atoms with Crippen LogP contribution >= 0.6 is 11.6 Å². The zero-order chi connectivity index (χ0) is 22.9. The summed E-state index contributed by atoms with van der Waals surface area (Å²) in [5, 5.41) is 15.7. The largest absolute Gasteiger partial charge is 0.478 e. The maximum Gasteiger partial charge on any atom is 0.335 e. The highest BCUT2D eigenvalue weighted by atomic mass is 35.5. The molecule has 3 aromatic rings. The molecule has 0 fully saturated rings. The van der Waals surface area contributed by atoms with Crippen molar-refractivity contribution in [1.29, 1.82) is 0 Å². The lowest BCUT2D eigenvalue weighted by atomic mass is 10.1. The highest BCUT2D eigenvalue weighted by Gasteiger charge is 2.16. The molecular weight excluding hydrogens is 430 g/mol. The third-order valence-electron chi connectivity index (χ3n) is 4.26. The summed E-state index contributed by atoms with van der Waals surface area (Å²) in [5.41, 5.74) is 3.98. The van der Waals surface area contributed by atoms with Crippen molar-refractivity contribution < 1.29 is 19.5 Å². The number of halogens is 1. The number of amides is 2. The summed E-state index contributed by atoms with van der Waals surface area (Å²) >= 11 is 6.08. The Hall–Kier alpha value is -4.23. The predicted octanol–water partition coefficient (Wildman–Crippen LogP) is 3.96. The van der Waals surface area contributed by atoms with E-state index in [1.165, 1.54) is 24.4 Å². The Bertz CT molecular complexity index is 1190. The quantitative estimate of drug-likeness (QED) is 0.289. The Kier molecular flexibility index (Phi) is 7.51. The Labute approximate surface area is 189 Å². The molecule has 0 aliphatic carbocycles. The average Bonchev–Trinajstić information content (AvgIpc) is 2.80. The minimum atomic E-state index is -1.04. The number of hydrogen-bond acceptors (Lipinski definition) is 4. The Morgan fingerprint density at radius 1 is 0.844 bits per heavy atom. The van der Waals surface area contributed by atoms with Crippen molar-refractivity contribution in [3.8, 4) is 0 Å². The molecule has 2 amide bonds. The van der Waals surface area contributed by atoms with Crippen molar-refractivity contribution in [3.63, 3.8) is 0 Å². The first-order valence-electron chi connectivity index (χ1n) is 9.43. The second-order valence-electron chi connectivity index (χ2n) is 6.53. The first-order valence-corrected chi connectivity index (χ1v) is 9.81. The van der Waals surface area contributed by atoms with Crippen LogP contribution in [0.1, 0.15) is 31.8 Å². The molecule has 8 heteroatoms. The minimum Gasteiger partial charge on any atom is -0.478 e. The van der Waals surface area contributed by atoms with Crippen molar-refractivity contribution >= 4 is 41.7 Å². The van der Waals surface area contributed by atoms with E-state index in [4.69, 9.17) is 16.7 Å². The van der Waals surface area contributed by atoms with Crippen LogP contribution in [0.4, 0.5) is 0 Å². The van der Waals surface area contributed by atoms with Gasteiger partial charge in [-0.05, 0) is 41.5 Å². The Morgan fingerprint density at radius 3 is 2.16 bits per heavy atom. The maximum atomic E-state index is 12.7. The molecule has 0 spiro atoms. The zero-order valence-electron chi connectivity index (χ0n) is 16.7. The molecular formula is C24H18ClN3O4. The van der Waals surface area contributed by atoms with E-state index in [1.807, 2.05) is 6.07 Å². The molecule has 0 aliphatic rings. The monoisotopic (exact) mass is 447 g/mol. The topological polar surface area (TPSA) is 108 Å². The fourth-order valence-corrected chi connectivity index (χ4v) is 2.87. The summed E-state index contributed by atoms with van der Waals surface area (Å²) in [4.78, 5) is 36.3. The van der Waals surface area contributed by atoms with Crippen LogP contribution in [0.3, 0.4) is 0 Å². The predicted molar refractivity (Wildman–Crippen MR) is 122 cm³/mol. The summed E-state index contributed by atoms with van der Waals surface area (Å²) in [6, 6.07) is 21.5. The number of carboxylic acid groups (broad SMARTS) is 1. The van der Waals surface area contributed by atoms with Crippen molar-refractivity contribution in [3.05, 3.63) is 112 Å². The molecule has 0 aliphatic heterocycles. The summed E-state index contributed by atoms with van der Waals surface area (Å²) < 4.78 is 0. The Morgan fingerprint density at radius 2 is 1.50 bits per heavy atom. The summed E-state index contributed by atoms with van der Waals surface area (Å²) in [5.74, 6) is -2.22. The van der Waals surface area contributed by atoms with Crippen LogP contribution in [0.5, 0.6) is 0 Å². The lowest BCUT2D eigenvalue weighted by Gasteiger charge is -2.10. The molecule has 160 valence electrons. The number of carbonyl (C=O) groups excluding carboxylic acids is 2. The van der Waals surface area contributed by atoms with Gasteiger partial charge in [0.25, 0.3) is 11.8 Å². The number of carboxylic acids is 1. The van der Waals surface area contributed by atoms with Gasteiger partial charge in [0.15, 0.2) is 0 Å². The van der Waals surface area contributed by atoms with Gasteiger partial charge in [-0.1, -0.05) is 66.2 Å². The van der Waals surface area contributed by atoms with Crippen LogP contribution in [0.2, 0.25) is 5.02 Å². The standard InChI is InChI=1S/C24H18ClN3O4/c25-20-9-5-4-8-19(20)22(29)27-21(14-16-6-2-1-3-7-16)23(30)28-26-15-17-10-12-18(13-11-17)24(31)32/h1-15H,(H,27,29)(H,28,30)(H,31,32)/b21-14+,26-15+. The van der Waals surface area contributed by atoms with Crippen molar-refractivity contribution in [2.24, 2.45) is 5.10 Å². The van der Waals surface area contributed by atoms with Gasteiger partial charge in [0.05, 0.1) is 22.4 Å². The van der Waals surface area contributed by atoms with Gasteiger partial charge in [-0.2, -0.15) is 5.10 Å². The lowest BCUT2D eigenvalue weighted by molar-refractivity contribution is -0.117. The normalized spacial score (nSPS) is 11.2. The number of hydrogen-bond donors (Lipinski definition) is 3. The molecule has 0 heterocycles. The minimum absolute atomic E-state index is 0.0282. The number of hydrazone groups is 1. The van der Waals surface area contributed by atoms with Gasteiger partial charge in [0.2, 0.25) is 0 Å². The van der Waals surface area contributed by atoms with E-state index >= 15 is 0 Å². The molecule has 0 saturated carbocycles. The fraction of sp³-hybridized carbons (Fsp3) is 0. The highest BCUT2D eigenvalue weighted by molar-refractivity contribution is 6.34. The molecule has 3 rings (SSSR count). The zero-order valence-corrected chi connectivity index (χ0v) is 17.4. The van der Waals surface area contributed by atoms with Gasteiger partial charge in [-0.3, -0.25) is 9.59 Å². The number of carbonyl (C=O) groups is 3. The van der Waals surface area contributed by atoms with Crippen LogP contribution in [0.15, 0.2) is 89.7 Å². The third-order valence-corrected chi connectivity index (χ3v) is 4.59. The molecule has 32 heavy (non-hydrogen) atoms. The molecule has 0 aromatic heterocycles. The summed E-state index contributed by atoms with van der Waals surface area (Å²) in [6.07, 6.45) is 2.88. The third kappa shape index (κ3) is 6.13. The van der Waals surface area contributed by atoms with Gasteiger partial charge < -0.3 is 10.4 Å². The van der Waals surface area contributed by atoms with Gasteiger partial charge >= 0.3 is 5.97 Å². The van der Waals surface area contributed by atoms with Crippen LogP contribution in [-0.2, 0) is 4.79 Å². The summed E-state index contributed by atoms with van der Waals surface area (Å²) in [6.45, 7) is 0. The van der Waals surface area contributed by atoms with Crippen LogP contribution in [-0.4, -0.2) is 29.1 Å². The SMILES string of the molecule is O=C(N/N=C/c1ccc(C(=O)O)cc1)/C(=C\c1ccccc1)NC(=O)c1ccccc1Cl. The van der Waals surface area contributed by atoms with Crippen LogP contribution < -0.4 is 10.7 Å². The van der Waals surface area contributed by atoms with Gasteiger partial charge in [-0.25, -0.2) is 10.2 Å². The molecule has 7 nitrogen and oxygen atoms in total. The molecule has 3 N–H and O–H groups in total. The van der Waals surface area contributed by atoms with E-state index in [0.29, 0.717) is 11.1 Å². The van der Waals surface area contributed by atoms with Crippen LogP contribution in [0.25, 0.3) is 6.08 Å². The number of nitrogens with one attached hydrogen (secondary N) is 2. The van der Waals surface area contributed by atoms with Crippen molar-refractivity contribution in [1.82, 2.24) is 10.7 Å². The summed E-state index contributed by atoms with van der Waals surface area (Å²) in [7, 11) is 0. The molecule has 0 saturated heterocycles. The van der Waals surface area contributed by atoms with E-state index in [1.54, 1.807) is 60.7 Å². The van der Waals surface area contributed by atoms with E-state index in [9.17, 15) is 14.4 Å². The molecule has 0 unspecified atom stereocenters. The lowest BCUT2D eigenvalue weighted by Crippen LogP contribution is -2.33. The molecule has 0 atom stereocenters. The number of benzene rings is 3. The Balaban J connectivity index is 1.77. The van der Waals surface area contributed by atoms with Crippen molar-refractivity contribution in [2.75, 3.05) is 0 Å². The van der Waals surface area contributed by atoms with E-state index < -0.39 is 17.8 Å². The second kappa shape index (κ2) is 10.7. The van der Waals surface area contributed by atoms with Gasteiger partial charge in [0, 0.05) is 0 Å². The van der Waals surface area contributed by atoms with E-state index in [2.05, 4.69) is 15.8 Å². The average molecular weight is 448 g/mol. The fourth-order valence-electron chi connectivity index (χ4n) is 2.65. The van der Waals surface area contributed by atoms with Crippen LogP contribution in [0, 0.1) is 0 Å². The molecule has 3 aromatic carbocycles. The molecule has 0 radical (unpaired) electrons. The van der Waals surface area contributed by atoms with Gasteiger partial charge in [-0.15, -0.1) is 0 Å². The number of rotatable bonds is 7. The number of aromatic carboxylic acids is 1. The molecule has 0 bridgehead atoms. The highest BCUT2D eigenvalue weighted by Crippen LogP contribution is 2.15. The first-order chi connectivity index (χ1) is 15.4. The van der Waals surface area contributed by atoms with Gasteiger partial charge in [0.1, 0.15) is 5.70 Å².